The van der Waals surface area contributed by atoms with Crippen LogP contribution in [0.5, 0.6) is 0 Å². The van der Waals surface area contributed by atoms with Gasteiger partial charge in [-0.15, -0.1) is 0 Å². The molecule has 3 atom stereocenters. The van der Waals surface area contributed by atoms with Crippen molar-refractivity contribution >= 4 is 5.97 Å². The topological polar surface area (TPSA) is 46.5 Å². The molecule has 1 aliphatic carbocycles. The van der Waals surface area contributed by atoms with Gasteiger partial charge in [-0.2, -0.15) is 0 Å². The van der Waals surface area contributed by atoms with Gasteiger partial charge in [-0.25, -0.2) is 0 Å². The van der Waals surface area contributed by atoms with E-state index in [4.69, 9.17) is 4.74 Å². The average Bonchev–Trinajstić information content (AvgIpc) is 2.39. The zero-order valence-corrected chi connectivity index (χ0v) is 10.0. The van der Waals surface area contributed by atoms with Crippen molar-refractivity contribution in [3.8, 4) is 0 Å². The smallest absolute Gasteiger partial charge is 0.309 e. The van der Waals surface area contributed by atoms with Gasteiger partial charge in [-0.3, -0.25) is 4.79 Å². The maximum atomic E-state index is 11.8. The molecule has 92 valence electrons. The average molecular weight is 234 g/mol. The van der Waals surface area contributed by atoms with E-state index in [1.165, 1.54) is 7.11 Å². The molecule has 1 aromatic rings. The maximum Gasteiger partial charge on any atom is 0.309 e. The van der Waals surface area contributed by atoms with Crippen LogP contribution in [0.25, 0.3) is 0 Å². The maximum absolute atomic E-state index is 11.8. The lowest BCUT2D eigenvalue weighted by Gasteiger charge is -2.32. The van der Waals surface area contributed by atoms with E-state index < -0.39 is 0 Å². The van der Waals surface area contributed by atoms with Crippen molar-refractivity contribution in [1.82, 2.24) is 0 Å². The van der Waals surface area contributed by atoms with Crippen LogP contribution in [0.2, 0.25) is 0 Å². The third kappa shape index (κ3) is 2.67. The van der Waals surface area contributed by atoms with Crippen LogP contribution in [-0.2, 0) is 9.53 Å². The number of carbonyl (C=O) groups is 1. The number of carbonyl (C=O) groups excluding carboxylic acids is 1. The van der Waals surface area contributed by atoms with Crippen LogP contribution in [0.4, 0.5) is 0 Å². The summed E-state index contributed by atoms with van der Waals surface area (Å²) >= 11 is 0. The van der Waals surface area contributed by atoms with Crippen LogP contribution >= 0.6 is 0 Å². The summed E-state index contributed by atoms with van der Waals surface area (Å²) in [6, 6.07) is 9.91. The Balaban J connectivity index is 2.23. The first-order chi connectivity index (χ1) is 8.22. The van der Waals surface area contributed by atoms with Crippen LogP contribution < -0.4 is 0 Å². The molecule has 3 heteroatoms. The molecule has 1 N–H and O–H groups in total. The van der Waals surface area contributed by atoms with E-state index in [2.05, 4.69) is 0 Å². The number of aliphatic hydroxyl groups is 1. The van der Waals surface area contributed by atoms with Crippen molar-refractivity contribution in [1.29, 1.82) is 0 Å². The van der Waals surface area contributed by atoms with E-state index in [1.54, 1.807) is 0 Å². The summed E-state index contributed by atoms with van der Waals surface area (Å²) in [6.07, 6.45) is 1.72. The Bertz CT molecular complexity index is 374. The molecule has 1 aliphatic rings. The molecule has 17 heavy (non-hydrogen) atoms. The van der Waals surface area contributed by atoms with E-state index in [0.29, 0.717) is 19.3 Å². The van der Waals surface area contributed by atoms with Crippen molar-refractivity contribution < 1.29 is 14.6 Å². The minimum atomic E-state index is -0.305. The Morgan fingerprint density at radius 3 is 2.65 bits per heavy atom. The molecule has 1 aromatic carbocycles. The molecule has 3 nitrogen and oxygen atoms in total. The zero-order valence-electron chi connectivity index (χ0n) is 10.0. The van der Waals surface area contributed by atoms with Crippen LogP contribution in [0.15, 0.2) is 30.3 Å². The Morgan fingerprint density at radius 2 is 2.00 bits per heavy atom. The molecule has 0 amide bonds. The summed E-state index contributed by atoms with van der Waals surface area (Å²) in [5.41, 5.74) is 1.11. The lowest BCUT2D eigenvalue weighted by Crippen LogP contribution is -2.32. The SMILES string of the molecule is COC(=O)[C@H]1CC[C@@H](O)C[C@@H]1c1ccccc1. The highest BCUT2D eigenvalue weighted by Crippen LogP contribution is 2.38. The van der Waals surface area contributed by atoms with Gasteiger partial charge in [0.25, 0.3) is 0 Å². The third-order valence-electron chi connectivity index (χ3n) is 3.55. The van der Waals surface area contributed by atoms with E-state index in [0.717, 1.165) is 5.56 Å². The first-order valence-electron chi connectivity index (χ1n) is 6.03. The van der Waals surface area contributed by atoms with Crippen LogP contribution in [0.1, 0.15) is 30.7 Å². The lowest BCUT2D eigenvalue weighted by molar-refractivity contribution is -0.148. The van der Waals surface area contributed by atoms with E-state index >= 15 is 0 Å². The standard InChI is InChI=1S/C14H18O3/c1-17-14(16)12-8-7-11(15)9-13(12)10-5-3-2-4-6-10/h2-6,11-13,15H,7-9H2,1H3/t11-,12+,13-/m1/s1. The number of hydrogen-bond acceptors (Lipinski definition) is 3. The number of rotatable bonds is 2. The molecule has 0 spiro atoms. The second kappa shape index (κ2) is 5.32. The van der Waals surface area contributed by atoms with E-state index in [9.17, 15) is 9.90 Å². The number of methoxy groups -OCH3 is 1. The molecule has 1 fully saturated rings. The molecule has 1 saturated carbocycles. The highest BCUT2D eigenvalue weighted by atomic mass is 16.5. The Morgan fingerprint density at radius 1 is 1.29 bits per heavy atom. The van der Waals surface area contributed by atoms with Gasteiger partial charge in [0.2, 0.25) is 0 Å². The van der Waals surface area contributed by atoms with Gasteiger partial charge >= 0.3 is 5.97 Å². The van der Waals surface area contributed by atoms with E-state index in [-0.39, 0.29) is 23.9 Å². The summed E-state index contributed by atoms with van der Waals surface area (Å²) in [7, 11) is 1.43. The van der Waals surface area contributed by atoms with Gasteiger partial charge in [0, 0.05) is 0 Å². The fraction of sp³-hybridized carbons (Fsp3) is 0.500. The van der Waals surface area contributed by atoms with Crippen molar-refractivity contribution in [2.75, 3.05) is 7.11 Å². The summed E-state index contributed by atoms with van der Waals surface area (Å²) < 4.78 is 4.86. The molecule has 0 bridgehead atoms. The number of aliphatic hydroxyl groups excluding tert-OH is 1. The number of hydrogen-bond donors (Lipinski definition) is 1. The molecule has 0 radical (unpaired) electrons. The van der Waals surface area contributed by atoms with Gasteiger partial charge in [0.15, 0.2) is 0 Å². The predicted octanol–water partition coefficient (Wildman–Crippen LogP) is 2.10. The summed E-state index contributed by atoms with van der Waals surface area (Å²) in [4.78, 5) is 11.8. The second-order valence-electron chi connectivity index (χ2n) is 4.61. The Labute approximate surface area is 101 Å². The molecule has 0 aliphatic heterocycles. The van der Waals surface area contributed by atoms with Crippen molar-refractivity contribution in [3.05, 3.63) is 35.9 Å². The summed E-state index contributed by atoms with van der Waals surface area (Å²) in [6.45, 7) is 0. The number of benzene rings is 1. The minimum Gasteiger partial charge on any atom is -0.469 e. The predicted molar refractivity (Wildman–Crippen MR) is 64.5 cm³/mol. The van der Waals surface area contributed by atoms with Crippen molar-refractivity contribution in [2.45, 2.75) is 31.3 Å². The molecular formula is C14H18O3. The molecule has 0 saturated heterocycles. The van der Waals surface area contributed by atoms with Crippen molar-refractivity contribution in [2.24, 2.45) is 5.92 Å². The third-order valence-corrected chi connectivity index (χ3v) is 3.55. The molecule has 0 unspecified atom stereocenters. The minimum absolute atomic E-state index is 0.0763. The van der Waals surface area contributed by atoms with Crippen molar-refractivity contribution in [3.63, 3.8) is 0 Å². The Kier molecular flexibility index (Phi) is 3.79. The molecule has 2 rings (SSSR count). The van der Waals surface area contributed by atoms with Crippen LogP contribution in [0.3, 0.4) is 0 Å². The second-order valence-corrected chi connectivity index (χ2v) is 4.61. The van der Waals surface area contributed by atoms with Crippen LogP contribution in [0, 0.1) is 5.92 Å². The van der Waals surface area contributed by atoms with Gasteiger partial charge in [0.05, 0.1) is 19.1 Å². The largest absolute Gasteiger partial charge is 0.469 e. The fourth-order valence-electron chi connectivity index (χ4n) is 2.65. The van der Waals surface area contributed by atoms with Gasteiger partial charge in [-0.1, -0.05) is 30.3 Å². The van der Waals surface area contributed by atoms with Crippen LogP contribution in [-0.4, -0.2) is 24.3 Å². The zero-order chi connectivity index (χ0) is 12.3. The monoisotopic (exact) mass is 234 g/mol. The highest BCUT2D eigenvalue weighted by Gasteiger charge is 2.35. The van der Waals surface area contributed by atoms with Gasteiger partial charge < -0.3 is 9.84 Å². The normalized spacial score (nSPS) is 28.7. The molecule has 0 heterocycles. The fourth-order valence-corrected chi connectivity index (χ4v) is 2.65. The number of ether oxygens (including phenoxy) is 1. The summed E-state index contributed by atoms with van der Waals surface area (Å²) in [5.74, 6) is -0.205. The quantitative estimate of drug-likeness (QED) is 0.797. The molecule has 0 aromatic heterocycles. The first-order valence-corrected chi connectivity index (χ1v) is 6.03. The number of esters is 1. The van der Waals surface area contributed by atoms with E-state index in [1.807, 2.05) is 30.3 Å². The van der Waals surface area contributed by atoms with Gasteiger partial charge in [-0.05, 0) is 30.7 Å². The first kappa shape index (κ1) is 12.1. The molecular weight excluding hydrogens is 216 g/mol. The lowest BCUT2D eigenvalue weighted by atomic mass is 9.74. The summed E-state index contributed by atoms with van der Waals surface area (Å²) in [5, 5.41) is 9.76. The Hall–Kier alpha value is -1.35. The highest BCUT2D eigenvalue weighted by molar-refractivity contribution is 5.73. The van der Waals surface area contributed by atoms with Gasteiger partial charge in [0.1, 0.15) is 0 Å².